The van der Waals surface area contributed by atoms with Gasteiger partial charge in [0.25, 0.3) is 0 Å². The average Bonchev–Trinajstić information content (AvgIpc) is 2.35. The number of hydrogen-bond donors (Lipinski definition) is 5. The number of terminal acetylenes is 1. The summed E-state index contributed by atoms with van der Waals surface area (Å²) in [5.74, 6) is 2.41. The summed E-state index contributed by atoms with van der Waals surface area (Å²) in [7, 11) is 0. The van der Waals surface area contributed by atoms with Gasteiger partial charge in [-0.15, -0.1) is 6.42 Å². The zero-order valence-electron chi connectivity index (χ0n) is 9.90. The zero-order valence-corrected chi connectivity index (χ0v) is 9.90. The van der Waals surface area contributed by atoms with E-state index in [-0.39, 0.29) is 6.54 Å². The molecule has 0 bridgehead atoms. The molecule has 6 nitrogen and oxygen atoms in total. The van der Waals surface area contributed by atoms with Crippen LogP contribution in [0.5, 0.6) is 0 Å². The van der Waals surface area contributed by atoms with Crippen LogP contribution in [-0.4, -0.2) is 81.1 Å². The smallest absolute Gasteiger partial charge is 0.111 e. The highest BCUT2D eigenvalue weighted by atomic mass is 16.4. The van der Waals surface area contributed by atoms with E-state index in [2.05, 4.69) is 5.92 Å². The predicted octanol–water partition coefficient (Wildman–Crippen LogP) is -2.62. The second-order valence-corrected chi connectivity index (χ2v) is 3.83. The van der Waals surface area contributed by atoms with Gasteiger partial charge in [-0.3, -0.25) is 4.90 Å². The van der Waals surface area contributed by atoms with Gasteiger partial charge in [0, 0.05) is 6.54 Å². The van der Waals surface area contributed by atoms with E-state index in [9.17, 15) is 15.3 Å². The van der Waals surface area contributed by atoms with Crippen LogP contribution in [0.3, 0.4) is 0 Å². The molecule has 0 rings (SSSR count). The van der Waals surface area contributed by atoms with E-state index in [1.165, 1.54) is 0 Å². The van der Waals surface area contributed by atoms with Crippen molar-refractivity contribution in [1.82, 2.24) is 4.90 Å². The first-order valence-electron chi connectivity index (χ1n) is 5.46. The van der Waals surface area contributed by atoms with Gasteiger partial charge in [0.1, 0.15) is 18.3 Å². The van der Waals surface area contributed by atoms with Crippen molar-refractivity contribution in [2.45, 2.75) is 31.3 Å². The molecule has 5 N–H and O–H groups in total. The lowest BCUT2D eigenvalue weighted by Gasteiger charge is -2.28. The standard InChI is InChI=1S/C11H21NO5/c1-3-5-12(4-2)6-8(14)10(16)11(17)9(15)7-13/h1,8-11,13-17H,4-7H2,2H3. The fourth-order valence-electron chi connectivity index (χ4n) is 1.37. The fourth-order valence-corrected chi connectivity index (χ4v) is 1.37. The molecule has 4 atom stereocenters. The van der Waals surface area contributed by atoms with Gasteiger partial charge >= 0.3 is 0 Å². The summed E-state index contributed by atoms with van der Waals surface area (Å²) >= 11 is 0. The van der Waals surface area contributed by atoms with Crippen molar-refractivity contribution in [3.63, 3.8) is 0 Å². The molecule has 0 aromatic carbocycles. The van der Waals surface area contributed by atoms with Gasteiger partial charge in [0.15, 0.2) is 0 Å². The van der Waals surface area contributed by atoms with Crippen LogP contribution >= 0.6 is 0 Å². The molecule has 0 saturated heterocycles. The Morgan fingerprint density at radius 3 is 2.06 bits per heavy atom. The summed E-state index contributed by atoms with van der Waals surface area (Å²) in [5, 5.41) is 46.3. The van der Waals surface area contributed by atoms with Gasteiger partial charge in [-0.2, -0.15) is 0 Å². The van der Waals surface area contributed by atoms with Crippen molar-refractivity contribution in [3.05, 3.63) is 0 Å². The summed E-state index contributed by atoms with van der Waals surface area (Å²) < 4.78 is 0. The van der Waals surface area contributed by atoms with Crippen molar-refractivity contribution in [1.29, 1.82) is 0 Å². The molecule has 0 aliphatic rings. The fraction of sp³-hybridized carbons (Fsp3) is 0.818. The maximum atomic E-state index is 9.65. The normalized spacial score (nSPS) is 18.5. The number of likely N-dealkylation sites (N-methyl/N-ethyl adjacent to an activating group) is 1. The van der Waals surface area contributed by atoms with Gasteiger partial charge in [-0.05, 0) is 6.54 Å². The number of hydrogen-bond acceptors (Lipinski definition) is 6. The highest BCUT2D eigenvalue weighted by molar-refractivity contribution is 4.90. The summed E-state index contributed by atoms with van der Waals surface area (Å²) in [6.45, 7) is 2.14. The first kappa shape index (κ1) is 16.3. The van der Waals surface area contributed by atoms with Gasteiger partial charge in [-0.25, -0.2) is 0 Å². The number of aliphatic hydroxyl groups excluding tert-OH is 5. The molecular formula is C11H21NO5. The molecule has 0 aliphatic carbocycles. The van der Waals surface area contributed by atoms with E-state index < -0.39 is 31.0 Å². The third-order valence-corrected chi connectivity index (χ3v) is 2.53. The second-order valence-electron chi connectivity index (χ2n) is 3.83. The molecular weight excluding hydrogens is 226 g/mol. The maximum absolute atomic E-state index is 9.65. The molecule has 0 heterocycles. The van der Waals surface area contributed by atoms with Gasteiger partial charge in [-0.1, -0.05) is 12.8 Å². The summed E-state index contributed by atoms with van der Waals surface area (Å²) in [4.78, 5) is 1.70. The Balaban J connectivity index is 4.29. The predicted molar refractivity (Wildman–Crippen MR) is 62.1 cm³/mol. The highest BCUT2D eigenvalue weighted by Gasteiger charge is 2.30. The molecule has 0 spiro atoms. The van der Waals surface area contributed by atoms with Crippen LogP contribution in [0.25, 0.3) is 0 Å². The third kappa shape index (κ3) is 5.46. The monoisotopic (exact) mass is 247 g/mol. The topological polar surface area (TPSA) is 104 Å². The molecule has 6 heteroatoms. The minimum absolute atomic E-state index is 0.0804. The van der Waals surface area contributed by atoms with Crippen LogP contribution in [0.2, 0.25) is 0 Å². The van der Waals surface area contributed by atoms with Gasteiger partial charge in [0.2, 0.25) is 0 Å². The van der Waals surface area contributed by atoms with Gasteiger partial charge < -0.3 is 25.5 Å². The van der Waals surface area contributed by atoms with Crippen molar-refractivity contribution < 1.29 is 25.5 Å². The van der Waals surface area contributed by atoms with Crippen LogP contribution in [0.1, 0.15) is 6.92 Å². The maximum Gasteiger partial charge on any atom is 0.111 e. The van der Waals surface area contributed by atoms with Crippen LogP contribution in [0.15, 0.2) is 0 Å². The van der Waals surface area contributed by atoms with Crippen LogP contribution in [0, 0.1) is 12.3 Å². The molecule has 17 heavy (non-hydrogen) atoms. The van der Waals surface area contributed by atoms with Crippen molar-refractivity contribution >= 4 is 0 Å². The lowest BCUT2D eigenvalue weighted by Crippen LogP contribution is -2.49. The van der Waals surface area contributed by atoms with E-state index in [0.717, 1.165) is 0 Å². The van der Waals surface area contributed by atoms with E-state index in [1.54, 1.807) is 4.90 Å². The van der Waals surface area contributed by atoms with Crippen molar-refractivity contribution in [3.8, 4) is 12.3 Å². The lowest BCUT2D eigenvalue weighted by molar-refractivity contribution is -0.118. The Labute approximate surface area is 101 Å². The van der Waals surface area contributed by atoms with E-state index in [0.29, 0.717) is 13.1 Å². The summed E-state index contributed by atoms with van der Waals surface area (Å²) in [5.41, 5.74) is 0. The third-order valence-electron chi connectivity index (χ3n) is 2.53. The van der Waals surface area contributed by atoms with Crippen LogP contribution in [0.4, 0.5) is 0 Å². The number of aliphatic hydroxyl groups is 5. The highest BCUT2D eigenvalue weighted by Crippen LogP contribution is 2.06. The lowest BCUT2D eigenvalue weighted by atomic mass is 10.0. The summed E-state index contributed by atoms with van der Waals surface area (Å²) in [6.07, 6.45) is -0.742. The minimum Gasteiger partial charge on any atom is -0.394 e. The molecule has 0 amide bonds. The first-order valence-corrected chi connectivity index (χ1v) is 5.46. The Morgan fingerprint density at radius 1 is 1.12 bits per heavy atom. The molecule has 0 aromatic rings. The molecule has 0 fully saturated rings. The van der Waals surface area contributed by atoms with E-state index in [4.69, 9.17) is 16.6 Å². The quantitative estimate of drug-likeness (QED) is 0.301. The van der Waals surface area contributed by atoms with E-state index >= 15 is 0 Å². The molecule has 100 valence electrons. The van der Waals surface area contributed by atoms with Crippen molar-refractivity contribution in [2.75, 3.05) is 26.2 Å². The molecule has 0 aromatic heterocycles. The largest absolute Gasteiger partial charge is 0.394 e. The Hall–Kier alpha value is -0.680. The Morgan fingerprint density at radius 2 is 1.65 bits per heavy atom. The zero-order chi connectivity index (χ0) is 13.4. The van der Waals surface area contributed by atoms with Crippen molar-refractivity contribution in [2.24, 2.45) is 0 Å². The van der Waals surface area contributed by atoms with Crippen LogP contribution in [-0.2, 0) is 0 Å². The average molecular weight is 247 g/mol. The SMILES string of the molecule is C#CCN(CC)CC(O)C(O)C(O)C(O)CO. The molecule has 0 radical (unpaired) electrons. The number of rotatable bonds is 8. The first-order chi connectivity index (χ1) is 7.97. The molecule has 0 aliphatic heterocycles. The summed E-state index contributed by atoms with van der Waals surface area (Å²) in [6, 6.07) is 0. The Kier molecular flexibility index (Phi) is 8.08. The molecule has 0 saturated carbocycles. The Bertz CT molecular complexity index is 243. The molecule has 4 unspecified atom stereocenters. The van der Waals surface area contributed by atoms with Crippen LogP contribution < -0.4 is 0 Å². The van der Waals surface area contributed by atoms with E-state index in [1.807, 2.05) is 6.92 Å². The second kappa shape index (κ2) is 8.42. The van der Waals surface area contributed by atoms with Gasteiger partial charge in [0.05, 0.1) is 19.3 Å². The minimum atomic E-state index is -1.60. The number of nitrogens with zero attached hydrogens (tertiary/aromatic N) is 1.